The second kappa shape index (κ2) is 7.12. The number of nitrogens with zero attached hydrogens (tertiary/aromatic N) is 3. The molecule has 0 unspecified atom stereocenters. The van der Waals surface area contributed by atoms with Crippen molar-refractivity contribution < 1.29 is 13.2 Å². The molecule has 2 rings (SSSR count). The molecule has 2 heterocycles. The summed E-state index contributed by atoms with van der Waals surface area (Å²) in [5.41, 5.74) is 0.495. The average molecular weight is 393 g/mol. The van der Waals surface area contributed by atoms with Crippen LogP contribution in [0.5, 0.6) is 0 Å². The van der Waals surface area contributed by atoms with Crippen LogP contribution in [0.4, 0.5) is 11.5 Å². The van der Waals surface area contributed by atoms with Gasteiger partial charge in [0.15, 0.2) is 5.82 Å². The summed E-state index contributed by atoms with van der Waals surface area (Å²) >= 11 is 3.32. The standard InChI is InChI=1S/C13H21BrN4O3S/c1-17(4-5-21-2)11-8-18(9-11)13-12(16-22(3,19)20)6-10(14)7-15-13/h6-7,11,16H,4-5,8-9H2,1-3H3. The van der Waals surface area contributed by atoms with Crippen LogP contribution in [-0.2, 0) is 14.8 Å². The number of likely N-dealkylation sites (N-methyl/N-ethyl adjacent to an activating group) is 1. The first-order chi connectivity index (χ1) is 10.3. The summed E-state index contributed by atoms with van der Waals surface area (Å²) in [6.07, 6.45) is 2.81. The first-order valence-electron chi connectivity index (χ1n) is 6.87. The fraction of sp³-hybridized carbons (Fsp3) is 0.615. The lowest BCUT2D eigenvalue weighted by Crippen LogP contribution is -2.59. The second-order valence-corrected chi connectivity index (χ2v) is 8.10. The molecule has 0 spiro atoms. The van der Waals surface area contributed by atoms with E-state index in [1.54, 1.807) is 19.4 Å². The van der Waals surface area contributed by atoms with Crippen molar-refractivity contribution in [2.24, 2.45) is 0 Å². The molecule has 0 atom stereocenters. The van der Waals surface area contributed by atoms with E-state index in [1.807, 2.05) is 0 Å². The summed E-state index contributed by atoms with van der Waals surface area (Å²) in [4.78, 5) is 8.65. The van der Waals surface area contributed by atoms with Gasteiger partial charge < -0.3 is 9.64 Å². The van der Waals surface area contributed by atoms with Crippen LogP contribution in [0.25, 0.3) is 0 Å². The van der Waals surface area contributed by atoms with Gasteiger partial charge in [-0.05, 0) is 29.0 Å². The van der Waals surface area contributed by atoms with E-state index in [0.29, 0.717) is 24.2 Å². The number of anilines is 2. The maximum Gasteiger partial charge on any atom is 0.229 e. The average Bonchev–Trinajstić information content (AvgIpc) is 2.35. The van der Waals surface area contributed by atoms with E-state index in [0.717, 1.165) is 30.4 Å². The molecule has 124 valence electrons. The van der Waals surface area contributed by atoms with E-state index in [9.17, 15) is 8.42 Å². The molecule has 0 amide bonds. The molecule has 0 bridgehead atoms. The number of ether oxygens (including phenoxy) is 1. The van der Waals surface area contributed by atoms with Crippen molar-refractivity contribution in [2.45, 2.75) is 6.04 Å². The predicted octanol–water partition coefficient (Wildman–Crippen LogP) is 0.982. The third kappa shape index (κ3) is 4.55. The summed E-state index contributed by atoms with van der Waals surface area (Å²) < 4.78 is 31.3. The lowest BCUT2D eigenvalue weighted by Gasteiger charge is -2.45. The summed E-state index contributed by atoms with van der Waals surface area (Å²) in [5, 5.41) is 0. The van der Waals surface area contributed by atoms with Crippen molar-refractivity contribution in [3.63, 3.8) is 0 Å². The number of aromatic nitrogens is 1. The van der Waals surface area contributed by atoms with E-state index < -0.39 is 10.0 Å². The van der Waals surface area contributed by atoms with Crippen LogP contribution in [0.15, 0.2) is 16.7 Å². The molecule has 0 aromatic carbocycles. The molecular formula is C13H21BrN4O3S. The van der Waals surface area contributed by atoms with Crippen LogP contribution < -0.4 is 9.62 Å². The van der Waals surface area contributed by atoms with Gasteiger partial charge >= 0.3 is 0 Å². The van der Waals surface area contributed by atoms with E-state index >= 15 is 0 Å². The highest BCUT2D eigenvalue weighted by atomic mass is 79.9. The molecule has 1 fully saturated rings. The molecule has 7 nitrogen and oxygen atoms in total. The van der Waals surface area contributed by atoms with Gasteiger partial charge in [0.2, 0.25) is 10.0 Å². The molecule has 1 aromatic heterocycles. The number of sulfonamides is 1. The second-order valence-electron chi connectivity index (χ2n) is 5.43. The lowest BCUT2D eigenvalue weighted by atomic mass is 10.1. The number of rotatable bonds is 7. The minimum absolute atomic E-state index is 0.423. The van der Waals surface area contributed by atoms with Gasteiger partial charge in [-0.25, -0.2) is 13.4 Å². The van der Waals surface area contributed by atoms with Crippen molar-refractivity contribution >= 4 is 37.5 Å². The molecule has 1 saturated heterocycles. The monoisotopic (exact) mass is 392 g/mol. The van der Waals surface area contributed by atoms with Crippen molar-refractivity contribution in [3.05, 3.63) is 16.7 Å². The first-order valence-corrected chi connectivity index (χ1v) is 9.56. The maximum atomic E-state index is 11.5. The minimum atomic E-state index is -3.34. The Morgan fingerprint density at radius 1 is 1.55 bits per heavy atom. The van der Waals surface area contributed by atoms with Crippen molar-refractivity contribution in [3.8, 4) is 0 Å². The van der Waals surface area contributed by atoms with Crippen LogP contribution >= 0.6 is 15.9 Å². The topological polar surface area (TPSA) is 74.8 Å². The van der Waals surface area contributed by atoms with Gasteiger partial charge in [-0.2, -0.15) is 0 Å². The smallest absolute Gasteiger partial charge is 0.229 e. The number of pyridine rings is 1. The quantitative estimate of drug-likeness (QED) is 0.745. The van der Waals surface area contributed by atoms with Gasteiger partial charge in [-0.15, -0.1) is 0 Å². The van der Waals surface area contributed by atoms with Crippen LogP contribution in [0.3, 0.4) is 0 Å². The zero-order valence-electron chi connectivity index (χ0n) is 12.9. The number of hydrogen-bond acceptors (Lipinski definition) is 6. The van der Waals surface area contributed by atoms with Gasteiger partial charge in [0.05, 0.1) is 18.6 Å². The minimum Gasteiger partial charge on any atom is -0.383 e. The number of halogens is 1. The molecule has 1 aliphatic heterocycles. The van der Waals surface area contributed by atoms with Crippen LogP contribution in [-0.4, -0.2) is 71.0 Å². The molecule has 22 heavy (non-hydrogen) atoms. The summed E-state index contributed by atoms with van der Waals surface area (Å²) in [6.45, 7) is 3.20. The SMILES string of the molecule is COCCN(C)C1CN(c2ncc(Br)cc2NS(C)(=O)=O)C1. The molecule has 1 aliphatic rings. The Hall–Kier alpha value is -0.900. The fourth-order valence-corrected chi connectivity index (χ4v) is 3.16. The van der Waals surface area contributed by atoms with E-state index in [1.165, 1.54) is 0 Å². The van der Waals surface area contributed by atoms with Crippen LogP contribution in [0.2, 0.25) is 0 Å². The Kier molecular flexibility index (Phi) is 5.65. The van der Waals surface area contributed by atoms with E-state index in [2.05, 4.69) is 42.5 Å². The van der Waals surface area contributed by atoms with Crippen LogP contribution in [0, 0.1) is 0 Å². The zero-order chi connectivity index (χ0) is 16.3. The normalized spacial score (nSPS) is 16.0. The summed E-state index contributed by atoms with van der Waals surface area (Å²) in [6, 6.07) is 2.15. The van der Waals surface area contributed by atoms with Crippen LogP contribution in [0.1, 0.15) is 0 Å². The molecule has 0 aliphatic carbocycles. The zero-order valence-corrected chi connectivity index (χ0v) is 15.3. The molecule has 0 saturated carbocycles. The van der Waals surface area contributed by atoms with Gasteiger partial charge in [0.1, 0.15) is 0 Å². The first kappa shape index (κ1) is 17.5. The van der Waals surface area contributed by atoms with Crippen molar-refractivity contribution in [1.29, 1.82) is 0 Å². The van der Waals surface area contributed by atoms with Gasteiger partial charge in [-0.3, -0.25) is 9.62 Å². The number of nitrogens with one attached hydrogen (secondary N) is 1. The highest BCUT2D eigenvalue weighted by Gasteiger charge is 2.32. The largest absolute Gasteiger partial charge is 0.383 e. The van der Waals surface area contributed by atoms with Gasteiger partial charge in [0.25, 0.3) is 0 Å². The Labute approximate surface area is 139 Å². The Morgan fingerprint density at radius 2 is 2.23 bits per heavy atom. The maximum absolute atomic E-state index is 11.5. The molecule has 9 heteroatoms. The molecule has 1 aromatic rings. The number of hydrogen-bond donors (Lipinski definition) is 1. The fourth-order valence-electron chi connectivity index (χ4n) is 2.28. The molecule has 1 N–H and O–H groups in total. The highest BCUT2D eigenvalue weighted by molar-refractivity contribution is 9.10. The predicted molar refractivity (Wildman–Crippen MR) is 90.9 cm³/mol. The Bertz CT molecular complexity index is 620. The summed E-state index contributed by atoms with van der Waals surface area (Å²) in [7, 11) is 0.411. The Balaban J connectivity index is 2.05. The third-order valence-electron chi connectivity index (χ3n) is 3.56. The highest BCUT2D eigenvalue weighted by Crippen LogP contribution is 2.31. The van der Waals surface area contributed by atoms with Gasteiger partial charge in [0, 0.05) is 43.5 Å². The van der Waals surface area contributed by atoms with E-state index in [4.69, 9.17) is 4.74 Å². The third-order valence-corrected chi connectivity index (χ3v) is 4.59. The summed E-state index contributed by atoms with van der Waals surface area (Å²) in [5.74, 6) is 0.657. The van der Waals surface area contributed by atoms with Crippen molar-refractivity contribution in [1.82, 2.24) is 9.88 Å². The van der Waals surface area contributed by atoms with Gasteiger partial charge in [-0.1, -0.05) is 0 Å². The lowest BCUT2D eigenvalue weighted by molar-refractivity contribution is 0.127. The number of methoxy groups -OCH3 is 1. The van der Waals surface area contributed by atoms with Crippen molar-refractivity contribution in [2.75, 3.05) is 56.3 Å². The Morgan fingerprint density at radius 3 is 2.82 bits per heavy atom. The van der Waals surface area contributed by atoms with E-state index in [-0.39, 0.29) is 0 Å². The molecule has 0 radical (unpaired) electrons. The molecular weight excluding hydrogens is 372 g/mol.